The summed E-state index contributed by atoms with van der Waals surface area (Å²) in [6.07, 6.45) is 5.97. The first-order chi connectivity index (χ1) is 20.3. The van der Waals surface area contributed by atoms with Crippen molar-refractivity contribution >= 4 is 43.0 Å². The van der Waals surface area contributed by atoms with Crippen molar-refractivity contribution in [1.82, 2.24) is 0 Å². The molecule has 0 N–H and O–H groups in total. The lowest BCUT2D eigenvalue weighted by molar-refractivity contribution is 0.355. The third kappa shape index (κ3) is 9.49. The van der Waals surface area contributed by atoms with Crippen LogP contribution in [0.25, 0.3) is 0 Å². The summed E-state index contributed by atoms with van der Waals surface area (Å²) in [5.41, 5.74) is 2.35. The molecule has 0 aliphatic rings. The van der Waals surface area contributed by atoms with Crippen LogP contribution >= 0.6 is 0 Å². The zero-order valence-corrected chi connectivity index (χ0v) is 23.8. The van der Waals surface area contributed by atoms with Crippen LogP contribution in [-0.4, -0.2) is 30.0 Å². The molecule has 12 heteroatoms. The van der Waals surface area contributed by atoms with Gasteiger partial charge in [0.2, 0.25) is 0 Å². The largest absolute Gasteiger partial charge is 0.297 e. The number of azo groups is 2. The fourth-order valence-corrected chi connectivity index (χ4v) is 4.97. The molecule has 0 radical (unpaired) electrons. The minimum Gasteiger partial charge on any atom is -0.262 e. The Hall–Kier alpha value is -4.62. The lowest BCUT2D eigenvalue weighted by Gasteiger charge is -2.04. The summed E-state index contributed by atoms with van der Waals surface area (Å²) in [6.45, 7) is -0.426. The fourth-order valence-electron chi connectivity index (χ4n) is 3.24. The van der Waals surface area contributed by atoms with Gasteiger partial charge in [0.1, 0.15) is 0 Å². The van der Waals surface area contributed by atoms with Crippen molar-refractivity contribution in [3.8, 4) is 0 Å². The van der Waals surface area contributed by atoms with E-state index in [0.29, 0.717) is 22.7 Å². The molecule has 0 heterocycles. The Bertz CT molecular complexity index is 1640. The second kappa shape index (κ2) is 14.8. The third-order valence-corrected chi connectivity index (χ3v) is 7.94. The number of allylic oxidation sites excluding steroid dienone is 2. The second-order valence-corrected chi connectivity index (χ2v) is 11.6. The number of hydrogen-bond donors (Lipinski definition) is 0. The molecule has 0 spiro atoms. The van der Waals surface area contributed by atoms with Crippen molar-refractivity contribution < 1.29 is 25.2 Å². The van der Waals surface area contributed by atoms with Gasteiger partial charge < -0.3 is 0 Å². The minimum absolute atomic E-state index is 0.0176. The summed E-state index contributed by atoms with van der Waals surface area (Å²) < 4.78 is 59.6. The van der Waals surface area contributed by atoms with Crippen molar-refractivity contribution in [1.29, 1.82) is 0 Å². The molecule has 0 saturated carbocycles. The maximum absolute atomic E-state index is 12.4. The van der Waals surface area contributed by atoms with Gasteiger partial charge in [-0.05, 0) is 72.8 Å². The van der Waals surface area contributed by atoms with Crippen LogP contribution in [0.3, 0.4) is 0 Å². The normalized spacial score (nSPS) is 12.7. The molecule has 4 aromatic carbocycles. The van der Waals surface area contributed by atoms with Crippen LogP contribution in [0.1, 0.15) is 0 Å². The van der Waals surface area contributed by atoms with Gasteiger partial charge in [-0.3, -0.25) is 8.37 Å². The quantitative estimate of drug-likeness (QED) is 0.0872. The molecule has 0 atom stereocenters. The number of benzene rings is 4. The molecule has 0 saturated heterocycles. The van der Waals surface area contributed by atoms with Gasteiger partial charge >= 0.3 is 0 Å². The molecule has 4 rings (SSSR count). The van der Waals surface area contributed by atoms with Gasteiger partial charge in [-0.15, -0.1) is 0 Å². The number of nitrogens with zero attached hydrogens (tertiary/aromatic N) is 4. The highest BCUT2D eigenvalue weighted by Crippen LogP contribution is 2.22. The highest BCUT2D eigenvalue weighted by Gasteiger charge is 2.15. The van der Waals surface area contributed by atoms with Crippen LogP contribution < -0.4 is 0 Å². The average Bonchev–Trinajstić information content (AvgIpc) is 3.01. The molecule has 4 aromatic rings. The molecule has 10 nitrogen and oxygen atoms in total. The van der Waals surface area contributed by atoms with E-state index in [0.717, 1.165) is 0 Å². The molecule has 42 heavy (non-hydrogen) atoms. The zero-order chi connectivity index (χ0) is 29.7. The maximum atomic E-state index is 12.4. The van der Waals surface area contributed by atoms with Gasteiger partial charge in [0.05, 0.1) is 45.8 Å². The molecule has 214 valence electrons. The highest BCUT2D eigenvalue weighted by molar-refractivity contribution is 7.87. The standard InChI is InChI=1S/C30H26N4O6S2/c35-41(36,29-19-15-27(16-20-29)33-31-25-11-5-3-6-12-25)39-23-9-1-2-10-24-40-42(37,38)30-21-17-28(18-22-30)34-32-26-13-7-4-8-14-26/h1-22H,23-24H2/b9-1-,10-2+,33-31?,34-32?. The van der Waals surface area contributed by atoms with Gasteiger partial charge in [0, 0.05) is 0 Å². The molecule has 0 fully saturated rings. The van der Waals surface area contributed by atoms with Crippen LogP contribution in [0.15, 0.2) is 164 Å². The molecule has 0 bridgehead atoms. The predicted octanol–water partition coefficient (Wildman–Crippen LogP) is 7.74. The van der Waals surface area contributed by atoms with Gasteiger partial charge in [0.15, 0.2) is 0 Å². The smallest absolute Gasteiger partial charge is 0.262 e. The summed E-state index contributed by atoms with van der Waals surface area (Å²) in [5, 5.41) is 16.3. The van der Waals surface area contributed by atoms with Crippen molar-refractivity contribution in [3.05, 3.63) is 133 Å². The topological polar surface area (TPSA) is 136 Å². The van der Waals surface area contributed by atoms with E-state index in [1.165, 1.54) is 72.8 Å². The van der Waals surface area contributed by atoms with E-state index >= 15 is 0 Å². The summed E-state index contributed by atoms with van der Waals surface area (Å²) in [4.78, 5) is -0.0352. The van der Waals surface area contributed by atoms with Crippen molar-refractivity contribution in [2.75, 3.05) is 13.2 Å². The molecule has 0 unspecified atom stereocenters. The first-order valence-corrected chi connectivity index (χ1v) is 15.4. The molecule has 0 aliphatic heterocycles. The van der Waals surface area contributed by atoms with Crippen molar-refractivity contribution in [3.63, 3.8) is 0 Å². The van der Waals surface area contributed by atoms with E-state index < -0.39 is 20.2 Å². The highest BCUT2D eigenvalue weighted by atomic mass is 32.2. The first kappa shape index (κ1) is 30.3. The Morgan fingerprint density at radius 3 is 1.10 bits per heavy atom. The Kier molecular flexibility index (Phi) is 10.7. The SMILES string of the molecule is O=S(=O)(OC/C=C\C=C\COS(=O)(=O)c1ccc(N=Nc2ccccc2)cc1)c1ccc(N=Nc2ccccc2)cc1. The summed E-state index contributed by atoms with van der Waals surface area (Å²) in [7, 11) is -7.95. The molecule has 0 amide bonds. The van der Waals surface area contributed by atoms with E-state index in [1.807, 2.05) is 36.4 Å². The third-order valence-electron chi connectivity index (χ3n) is 5.35. The Morgan fingerprint density at radius 1 is 0.452 bits per heavy atom. The molecular weight excluding hydrogens is 576 g/mol. The van der Waals surface area contributed by atoms with Gasteiger partial charge in [-0.2, -0.15) is 37.3 Å². The van der Waals surface area contributed by atoms with Gasteiger partial charge in [-0.25, -0.2) is 0 Å². The Morgan fingerprint density at radius 2 is 0.762 bits per heavy atom. The Balaban J connectivity index is 1.19. The van der Waals surface area contributed by atoms with E-state index in [9.17, 15) is 16.8 Å². The molecular formula is C30H26N4O6S2. The molecule has 0 aromatic heterocycles. The number of hydrogen-bond acceptors (Lipinski definition) is 10. The van der Waals surface area contributed by atoms with E-state index in [1.54, 1.807) is 24.3 Å². The van der Waals surface area contributed by atoms with Crippen molar-refractivity contribution in [2.24, 2.45) is 20.5 Å². The maximum Gasteiger partial charge on any atom is 0.297 e. The van der Waals surface area contributed by atoms with Crippen molar-refractivity contribution in [2.45, 2.75) is 9.79 Å². The van der Waals surface area contributed by atoms with Crippen LogP contribution in [0, 0.1) is 0 Å². The monoisotopic (exact) mass is 602 g/mol. The van der Waals surface area contributed by atoms with Crippen LogP contribution in [-0.2, 0) is 28.6 Å². The lowest BCUT2D eigenvalue weighted by atomic mass is 10.3. The van der Waals surface area contributed by atoms with E-state index in [4.69, 9.17) is 8.37 Å². The number of rotatable bonds is 13. The fraction of sp³-hybridized carbons (Fsp3) is 0.0667. The first-order valence-electron chi connectivity index (χ1n) is 12.6. The summed E-state index contributed by atoms with van der Waals surface area (Å²) >= 11 is 0. The minimum atomic E-state index is -3.98. The van der Waals surface area contributed by atoms with Gasteiger partial charge in [0.25, 0.3) is 20.2 Å². The molecule has 0 aliphatic carbocycles. The zero-order valence-electron chi connectivity index (χ0n) is 22.2. The van der Waals surface area contributed by atoms with Gasteiger partial charge in [-0.1, -0.05) is 60.7 Å². The summed E-state index contributed by atoms with van der Waals surface area (Å²) in [6, 6.07) is 30.0. The van der Waals surface area contributed by atoms with Crippen LogP contribution in [0.2, 0.25) is 0 Å². The predicted molar refractivity (Wildman–Crippen MR) is 159 cm³/mol. The van der Waals surface area contributed by atoms with E-state index in [-0.39, 0.29) is 23.0 Å². The van der Waals surface area contributed by atoms with E-state index in [2.05, 4.69) is 20.5 Å². The second-order valence-electron chi connectivity index (χ2n) is 8.39. The van der Waals surface area contributed by atoms with Crippen LogP contribution in [0.4, 0.5) is 22.7 Å². The Labute approximate surface area is 244 Å². The van der Waals surface area contributed by atoms with Crippen LogP contribution in [0.5, 0.6) is 0 Å². The summed E-state index contributed by atoms with van der Waals surface area (Å²) in [5.74, 6) is 0. The lowest BCUT2D eigenvalue weighted by Crippen LogP contribution is -2.06. The average molecular weight is 603 g/mol.